The number of anilines is 1. The van der Waals surface area contributed by atoms with Gasteiger partial charge < -0.3 is 19.3 Å². The predicted molar refractivity (Wildman–Crippen MR) is 87.5 cm³/mol. The Morgan fingerprint density at radius 2 is 1.64 bits per heavy atom. The van der Waals surface area contributed by atoms with Gasteiger partial charge >= 0.3 is 11.9 Å². The van der Waals surface area contributed by atoms with E-state index in [0.717, 1.165) is 4.90 Å². The second-order valence-electron chi connectivity index (χ2n) is 5.59. The molecule has 1 atom stereocenters. The monoisotopic (exact) mass is 348 g/mol. The fourth-order valence-corrected chi connectivity index (χ4v) is 2.64. The predicted octanol–water partition coefficient (Wildman–Crippen LogP) is 0.214. The third-order valence-electron chi connectivity index (χ3n) is 3.95. The van der Waals surface area contributed by atoms with Gasteiger partial charge in [-0.3, -0.25) is 19.2 Å². The van der Waals surface area contributed by atoms with Gasteiger partial charge in [-0.25, -0.2) is 0 Å². The molecule has 0 spiro atoms. The van der Waals surface area contributed by atoms with E-state index in [-0.39, 0.29) is 32.0 Å². The van der Waals surface area contributed by atoms with Gasteiger partial charge in [0.15, 0.2) is 0 Å². The number of rotatable bonds is 6. The molecule has 8 nitrogen and oxygen atoms in total. The van der Waals surface area contributed by atoms with Gasteiger partial charge in [-0.15, -0.1) is 0 Å². The van der Waals surface area contributed by atoms with Crippen LogP contribution < -0.4 is 4.90 Å². The van der Waals surface area contributed by atoms with Crippen LogP contribution in [0, 0.1) is 5.92 Å². The number of nitrogens with zero attached hydrogens (tertiary/aromatic N) is 2. The molecule has 0 saturated carbocycles. The molecule has 1 aromatic carbocycles. The molecule has 1 aromatic rings. The number of methoxy groups -OCH3 is 2. The zero-order valence-electron chi connectivity index (χ0n) is 14.1. The van der Waals surface area contributed by atoms with Crippen LogP contribution in [0.2, 0.25) is 0 Å². The number of hydrogen-bond acceptors (Lipinski definition) is 6. The lowest BCUT2D eigenvalue weighted by molar-refractivity contribution is -0.153. The summed E-state index contributed by atoms with van der Waals surface area (Å²) in [6.45, 7) is -0.554. The number of carbonyl (C=O) groups excluding carboxylic acids is 4. The number of amides is 2. The number of para-hydroxylation sites is 1. The van der Waals surface area contributed by atoms with E-state index in [1.165, 1.54) is 19.1 Å². The van der Waals surface area contributed by atoms with Crippen LogP contribution >= 0.6 is 0 Å². The summed E-state index contributed by atoms with van der Waals surface area (Å²) >= 11 is 0. The second-order valence-corrected chi connectivity index (χ2v) is 5.59. The van der Waals surface area contributed by atoms with Crippen molar-refractivity contribution in [1.82, 2.24) is 4.90 Å². The molecular weight excluding hydrogens is 328 g/mol. The third-order valence-corrected chi connectivity index (χ3v) is 3.95. The van der Waals surface area contributed by atoms with Crippen molar-refractivity contribution in [3.05, 3.63) is 30.3 Å². The topological polar surface area (TPSA) is 93.2 Å². The molecule has 134 valence electrons. The summed E-state index contributed by atoms with van der Waals surface area (Å²) in [5.41, 5.74) is 0.704. The van der Waals surface area contributed by atoms with Gasteiger partial charge in [-0.2, -0.15) is 0 Å². The number of esters is 2. The lowest BCUT2D eigenvalue weighted by atomic mass is 10.1. The van der Waals surface area contributed by atoms with Gasteiger partial charge in [0.1, 0.15) is 13.1 Å². The smallest absolute Gasteiger partial charge is 0.325 e. The molecule has 1 fully saturated rings. The van der Waals surface area contributed by atoms with Crippen LogP contribution in [0.1, 0.15) is 6.42 Å². The lowest BCUT2D eigenvalue weighted by Gasteiger charge is -2.23. The average Bonchev–Trinajstić information content (AvgIpc) is 3.02. The molecule has 0 aliphatic carbocycles. The summed E-state index contributed by atoms with van der Waals surface area (Å²) in [5, 5.41) is 0. The van der Waals surface area contributed by atoms with Gasteiger partial charge in [0.05, 0.1) is 20.1 Å². The standard InChI is InChI=1S/C17H20N2O6/c1-24-15(21)10-18(11-16(22)25-2)17(23)12-8-14(20)19(9-12)13-6-4-3-5-7-13/h3-7,12H,8-11H2,1-2H3/t12-/m0/s1. The minimum atomic E-state index is -0.651. The molecule has 8 heteroatoms. The minimum Gasteiger partial charge on any atom is -0.468 e. The Labute approximate surface area is 145 Å². The highest BCUT2D eigenvalue weighted by molar-refractivity contribution is 6.01. The summed E-state index contributed by atoms with van der Waals surface area (Å²) in [7, 11) is 2.39. The van der Waals surface area contributed by atoms with E-state index in [4.69, 9.17) is 0 Å². The minimum absolute atomic E-state index is 0.0204. The van der Waals surface area contributed by atoms with Crippen molar-refractivity contribution in [2.75, 3.05) is 38.8 Å². The zero-order chi connectivity index (χ0) is 18.4. The van der Waals surface area contributed by atoms with Crippen LogP contribution in [0.4, 0.5) is 5.69 Å². The molecule has 25 heavy (non-hydrogen) atoms. The SMILES string of the molecule is COC(=O)CN(CC(=O)OC)C(=O)[C@H]1CC(=O)N(c2ccccc2)C1. The molecule has 2 rings (SSSR count). The molecule has 2 amide bonds. The van der Waals surface area contributed by atoms with Crippen molar-refractivity contribution >= 4 is 29.4 Å². The lowest BCUT2D eigenvalue weighted by Crippen LogP contribution is -2.44. The third kappa shape index (κ3) is 4.56. The highest BCUT2D eigenvalue weighted by Crippen LogP contribution is 2.26. The summed E-state index contributed by atoms with van der Waals surface area (Å²) in [6, 6.07) is 9.01. The first-order valence-electron chi connectivity index (χ1n) is 7.74. The molecule has 0 aromatic heterocycles. The van der Waals surface area contributed by atoms with E-state index in [1.807, 2.05) is 6.07 Å². The van der Waals surface area contributed by atoms with Gasteiger partial charge in [0.25, 0.3) is 0 Å². The summed E-state index contributed by atoms with van der Waals surface area (Å²) in [4.78, 5) is 50.6. The highest BCUT2D eigenvalue weighted by atomic mass is 16.5. The van der Waals surface area contributed by atoms with Gasteiger partial charge in [-0.05, 0) is 12.1 Å². The first kappa shape index (κ1) is 18.4. The maximum atomic E-state index is 12.7. The Morgan fingerprint density at radius 3 is 2.16 bits per heavy atom. The van der Waals surface area contributed by atoms with Crippen molar-refractivity contribution in [2.45, 2.75) is 6.42 Å². The Morgan fingerprint density at radius 1 is 1.08 bits per heavy atom. The van der Waals surface area contributed by atoms with E-state index in [1.54, 1.807) is 24.3 Å². The Hall–Kier alpha value is -2.90. The molecular formula is C17H20N2O6. The van der Waals surface area contributed by atoms with Crippen molar-refractivity contribution in [3.8, 4) is 0 Å². The molecule has 1 aliphatic heterocycles. The summed E-state index contributed by atoms with van der Waals surface area (Å²) < 4.78 is 9.12. The van der Waals surface area contributed by atoms with E-state index in [2.05, 4.69) is 9.47 Å². The number of hydrogen-bond donors (Lipinski definition) is 0. The molecule has 1 saturated heterocycles. The molecule has 0 unspecified atom stereocenters. The summed E-state index contributed by atoms with van der Waals surface area (Å²) in [6.07, 6.45) is 0.0204. The van der Waals surface area contributed by atoms with Crippen molar-refractivity contribution < 1.29 is 28.7 Å². The van der Waals surface area contributed by atoms with Gasteiger partial charge in [-0.1, -0.05) is 18.2 Å². The van der Waals surface area contributed by atoms with Crippen LogP contribution in [0.5, 0.6) is 0 Å². The van der Waals surface area contributed by atoms with Crippen LogP contribution in [-0.2, 0) is 28.7 Å². The number of ether oxygens (including phenoxy) is 2. The van der Waals surface area contributed by atoms with Crippen molar-refractivity contribution in [2.24, 2.45) is 5.92 Å². The molecule has 0 N–H and O–H groups in total. The Bertz CT molecular complexity index is 642. The average molecular weight is 348 g/mol. The normalized spacial score (nSPS) is 16.5. The number of benzene rings is 1. The highest BCUT2D eigenvalue weighted by Gasteiger charge is 2.38. The second kappa shape index (κ2) is 8.27. The number of carbonyl (C=O) groups is 4. The largest absolute Gasteiger partial charge is 0.468 e. The quantitative estimate of drug-likeness (QED) is 0.683. The van der Waals surface area contributed by atoms with Crippen molar-refractivity contribution in [1.29, 1.82) is 0 Å². The summed E-state index contributed by atoms with van der Waals surface area (Å²) in [5.74, 6) is -2.58. The van der Waals surface area contributed by atoms with E-state index in [9.17, 15) is 19.2 Å². The first-order valence-corrected chi connectivity index (χ1v) is 7.74. The van der Waals surface area contributed by atoms with Crippen molar-refractivity contribution in [3.63, 3.8) is 0 Å². The zero-order valence-corrected chi connectivity index (χ0v) is 14.1. The Balaban J connectivity index is 2.11. The first-order chi connectivity index (χ1) is 12.0. The molecule has 1 aliphatic rings. The van der Waals surface area contributed by atoms with E-state index in [0.29, 0.717) is 5.69 Å². The van der Waals surface area contributed by atoms with E-state index >= 15 is 0 Å². The van der Waals surface area contributed by atoms with E-state index < -0.39 is 23.8 Å². The maximum absolute atomic E-state index is 12.7. The van der Waals surface area contributed by atoms with Gasteiger partial charge in [0.2, 0.25) is 11.8 Å². The fraction of sp³-hybridized carbons (Fsp3) is 0.412. The van der Waals surface area contributed by atoms with Gasteiger partial charge in [0, 0.05) is 18.7 Å². The molecule has 1 heterocycles. The fourth-order valence-electron chi connectivity index (χ4n) is 2.64. The maximum Gasteiger partial charge on any atom is 0.325 e. The molecule has 0 bridgehead atoms. The van der Waals surface area contributed by atoms with Crippen LogP contribution in [0.15, 0.2) is 30.3 Å². The van der Waals surface area contributed by atoms with Crippen LogP contribution in [0.25, 0.3) is 0 Å². The van der Waals surface area contributed by atoms with Crippen LogP contribution in [0.3, 0.4) is 0 Å². The molecule has 0 radical (unpaired) electrons. The Kier molecular flexibility index (Phi) is 6.10. The van der Waals surface area contributed by atoms with Crippen LogP contribution in [-0.4, -0.2) is 62.5 Å².